The number of carbonyl (C=O) groups excluding carboxylic acids is 1. The van der Waals surface area contributed by atoms with Crippen LogP contribution in [-0.2, 0) is 4.79 Å². The molecule has 1 atom stereocenters. The molecule has 2 rings (SSSR count). The molecule has 0 aromatic heterocycles. The van der Waals surface area contributed by atoms with Gasteiger partial charge >= 0.3 is 0 Å². The van der Waals surface area contributed by atoms with Gasteiger partial charge in [0.25, 0.3) is 0 Å². The van der Waals surface area contributed by atoms with Gasteiger partial charge < -0.3 is 15.5 Å². The average molecular weight is 277 g/mol. The molecule has 1 amide bonds. The van der Waals surface area contributed by atoms with Gasteiger partial charge in [-0.1, -0.05) is 6.58 Å². The van der Waals surface area contributed by atoms with Gasteiger partial charge in [0.1, 0.15) is 0 Å². The van der Waals surface area contributed by atoms with E-state index in [2.05, 4.69) is 22.9 Å². The third kappa shape index (κ3) is 4.69. The Labute approximate surface area is 122 Å². The van der Waals surface area contributed by atoms with E-state index in [9.17, 15) is 4.79 Å². The zero-order valence-electron chi connectivity index (χ0n) is 12.4. The van der Waals surface area contributed by atoms with E-state index in [-0.39, 0.29) is 5.91 Å². The third-order valence-corrected chi connectivity index (χ3v) is 4.24. The fourth-order valence-electron chi connectivity index (χ4n) is 2.95. The minimum atomic E-state index is 0.276. The van der Waals surface area contributed by atoms with E-state index >= 15 is 0 Å². The smallest absolute Gasteiger partial charge is 0.222 e. The van der Waals surface area contributed by atoms with Crippen molar-refractivity contribution in [3.05, 3.63) is 18.0 Å². The van der Waals surface area contributed by atoms with E-state index in [0.717, 1.165) is 51.1 Å². The summed E-state index contributed by atoms with van der Waals surface area (Å²) in [5, 5.41) is 6.83. The first-order valence-electron chi connectivity index (χ1n) is 7.93. The van der Waals surface area contributed by atoms with Gasteiger partial charge in [-0.25, -0.2) is 0 Å². The maximum absolute atomic E-state index is 12.1. The molecule has 0 bridgehead atoms. The molecule has 0 radical (unpaired) electrons. The number of hydrogen-bond acceptors (Lipinski definition) is 3. The zero-order chi connectivity index (χ0) is 14.2. The number of piperidine rings is 1. The van der Waals surface area contributed by atoms with Crippen molar-refractivity contribution in [3.8, 4) is 0 Å². The lowest BCUT2D eigenvalue weighted by Crippen LogP contribution is -2.36. The van der Waals surface area contributed by atoms with Gasteiger partial charge in [0, 0.05) is 38.5 Å². The second-order valence-corrected chi connectivity index (χ2v) is 5.77. The van der Waals surface area contributed by atoms with E-state index in [1.54, 1.807) is 0 Å². The fourth-order valence-corrected chi connectivity index (χ4v) is 2.95. The van der Waals surface area contributed by atoms with Crippen LogP contribution in [0.2, 0.25) is 0 Å². The molecule has 0 aromatic rings. The number of amides is 1. The highest BCUT2D eigenvalue weighted by Crippen LogP contribution is 2.12. The Kier molecular flexibility index (Phi) is 6.16. The summed E-state index contributed by atoms with van der Waals surface area (Å²) in [5.41, 5.74) is 3.92. The van der Waals surface area contributed by atoms with E-state index in [1.165, 1.54) is 19.3 Å². The summed E-state index contributed by atoms with van der Waals surface area (Å²) in [4.78, 5) is 14.1. The highest BCUT2D eigenvalue weighted by Gasteiger charge is 2.17. The predicted molar refractivity (Wildman–Crippen MR) is 81.3 cm³/mol. The molecule has 0 aliphatic carbocycles. The molecule has 4 nitrogen and oxygen atoms in total. The van der Waals surface area contributed by atoms with Crippen molar-refractivity contribution in [1.29, 1.82) is 0 Å². The summed E-state index contributed by atoms with van der Waals surface area (Å²) >= 11 is 0. The van der Waals surface area contributed by atoms with Crippen molar-refractivity contribution in [2.24, 2.45) is 0 Å². The Morgan fingerprint density at radius 1 is 1.25 bits per heavy atom. The molecule has 4 heteroatoms. The lowest BCUT2D eigenvalue weighted by Gasteiger charge is -2.26. The number of hydrogen-bond donors (Lipinski definition) is 2. The Morgan fingerprint density at radius 3 is 2.70 bits per heavy atom. The molecular weight excluding hydrogens is 250 g/mol. The van der Waals surface area contributed by atoms with Gasteiger partial charge in [-0.2, -0.15) is 0 Å². The van der Waals surface area contributed by atoms with Gasteiger partial charge in [0.2, 0.25) is 5.91 Å². The number of nitrogens with zero attached hydrogens (tertiary/aromatic N) is 1. The minimum absolute atomic E-state index is 0.276. The quantitative estimate of drug-likeness (QED) is 0.728. The predicted octanol–water partition coefficient (Wildman–Crippen LogP) is 1.79. The van der Waals surface area contributed by atoms with Gasteiger partial charge in [-0.15, -0.1) is 5.73 Å². The molecule has 2 aliphatic heterocycles. The topological polar surface area (TPSA) is 44.4 Å². The molecule has 0 saturated carbocycles. The highest BCUT2D eigenvalue weighted by molar-refractivity contribution is 5.76. The van der Waals surface area contributed by atoms with Crippen LogP contribution in [-0.4, -0.2) is 43.0 Å². The van der Waals surface area contributed by atoms with E-state index in [4.69, 9.17) is 0 Å². The highest BCUT2D eigenvalue weighted by atomic mass is 16.2. The summed E-state index contributed by atoms with van der Waals surface area (Å²) in [6, 6.07) is 0.552. The van der Waals surface area contributed by atoms with E-state index in [1.807, 2.05) is 4.90 Å². The van der Waals surface area contributed by atoms with Crippen molar-refractivity contribution >= 4 is 5.91 Å². The lowest BCUT2D eigenvalue weighted by molar-refractivity contribution is -0.132. The van der Waals surface area contributed by atoms with Gasteiger partial charge in [0.05, 0.1) is 5.70 Å². The van der Waals surface area contributed by atoms with Gasteiger partial charge in [0.15, 0.2) is 0 Å². The Balaban J connectivity index is 1.67. The number of carbonyl (C=O) groups is 1. The molecule has 2 heterocycles. The normalized spacial score (nSPS) is 22.4. The molecule has 2 fully saturated rings. The Hall–Kier alpha value is -1.25. The summed E-state index contributed by atoms with van der Waals surface area (Å²) in [5.74, 6) is 0.276. The molecule has 2 N–H and O–H groups in total. The monoisotopic (exact) mass is 277 g/mol. The molecule has 2 saturated heterocycles. The number of allylic oxidation sites excluding steroid dienone is 1. The summed E-state index contributed by atoms with van der Waals surface area (Å²) in [6.07, 6.45) is 7.35. The summed E-state index contributed by atoms with van der Waals surface area (Å²) in [7, 11) is 0. The van der Waals surface area contributed by atoms with Crippen LogP contribution in [0.1, 0.15) is 44.9 Å². The molecule has 0 spiro atoms. The zero-order valence-corrected chi connectivity index (χ0v) is 12.4. The second-order valence-electron chi connectivity index (χ2n) is 5.77. The van der Waals surface area contributed by atoms with E-state index in [0.29, 0.717) is 12.5 Å². The largest absolute Gasteiger partial charge is 0.381 e. The van der Waals surface area contributed by atoms with Crippen LogP contribution in [0.4, 0.5) is 0 Å². The molecule has 0 unspecified atom stereocenters. The first-order chi connectivity index (χ1) is 9.79. The first kappa shape index (κ1) is 15.1. The van der Waals surface area contributed by atoms with Crippen molar-refractivity contribution in [1.82, 2.24) is 15.5 Å². The SMILES string of the molecule is C=C=C(CCC(=O)N1CCCCC1)NC[C@H]1CCCN1. The number of likely N-dealkylation sites (tertiary alicyclic amines) is 1. The summed E-state index contributed by atoms with van der Waals surface area (Å²) in [6.45, 7) is 7.63. The molecule has 20 heavy (non-hydrogen) atoms. The minimum Gasteiger partial charge on any atom is -0.381 e. The van der Waals surface area contributed by atoms with Crippen LogP contribution in [0, 0.1) is 0 Å². The standard InChI is InChI=1S/C16H27N3O/c1-2-14(18-13-15-7-6-10-17-15)8-9-16(20)19-11-4-3-5-12-19/h15,17-18H,1,3-13H2/t15-/m1/s1. The van der Waals surface area contributed by atoms with Crippen molar-refractivity contribution < 1.29 is 4.79 Å². The van der Waals surface area contributed by atoms with Gasteiger partial charge in [-0.3, -0.25) is 4.79 Å². The third-order valence-electron chi connectivity index (χ3n) is 4.24. The molecular formula is C16H27N3O. The van der Waals surface area contributed by atoms with Crippen molar-refractivity contribution in [2.75, 3.05) is 26.2 Å². The molecule has 112 valence electrons. The Morgan fingerprint density at radius 2 is 2.05 bits per heavy atom. The number of rotatable bonds is 6. The lowest BCUT2D eigenvalue weighted by atomic mass is 10.1. The van der Waals surface area contributed by atoms with Gasteiger partial charge in [-0.05, 0) is 38.6 Å². The van der Waals surface area contributed by atoms with Crippen LogP contribution < -0.4 is 10.6 Å². The molecule has 0 aromatic carbocycles. The van der Waals surface area contributed by atoms with Crippen molar-refractivity contribution in [3.63, 3.8) is 0 Å². The van der Waals surface area contributed by atoms with Crippen LogP contribution in [0.25, 0.3) is 0 Å². The summed E-state index contributed by atoms with van der Waals surface area (Å²) < 4.78 is 0. The average Bonchev–Trinajstić information content (AvgIpc) is 3.01. The van der Waals surface area contributed by atoms with Crippen LogP contribution >= 0.6 is 0 Å². The second kappa shape index (κ2) is 8.13. The van der Waals surface area contributed by atoms with Crippen molar-refractivity contribution in [2.45, 2.75) is 51.0 Å². The number of nitrogens with one attached hydrogen (secondary N) is 2. The van der Waals surface area contributed by atoms with Crippen LogP contribution in [0.15, 0.2) is 18.0 Å². The maximum Gasteiger partial charge on any atom is 0.222 e. The maximum atomic E-state index is 12.1. The first-order valence-corrected chi connectivity index (χ1v) is 7.93. The Bertz CT molecular complexity index is 362. The van der Waals surface area contributed by atoms with E-state index < -0.39 is 0 Å². The van der Waals surface area contributed by atoms with Crippen LogP contribution in [0.5, 0.6) is 0 Å². The fraction of sp³-hybridized carbons (Fsp3) is 0.750. The van der Waals surface area contributed by atoms with Crippen LogP contribution in [0.3, 0.4) is 0 Å². The molecule has 2 aliphatic rings.